The fourth-order valence-electron chi connectivity index (χ4n) is 0.722. The summed E-state index contributed by atoms with van der Waals surface area (Å²) in [5, 5.41) is 8.42. The topological polar surface area (TPSA) is 46.2 Å². The van der Waals surface area contributed by atoms with Gasteiger partial charge in [-0.1, -0.05) is 13.3 Å². The van der Waals surface area contributed by atoms with Crippen molar-refractivity contribution in [2.75, 3.05) is 13.2 Å². The lowest BCUT2D eigenvalue weighted by molar-refractivity contribution is 0.279. The molecule has 0 aromatic rings. The molecule has 0 saturated heterocycles. The van der Waals surface area contributed by atoms with Crippen molar-refractivity contribution < 1.29 is 5.11 Å². The third-order valence-electron chi connectivity index (χ3n) is 1.51. The zero-order valence-corrected chi connectivity index (χ0v) is 6.14. The molecule has 9 heavy (non-hydrogen) atoms. The Morgan fingerprint density at radius 1 is 1.44 bits per heavy atom. The summed E-state index contributed by atoms with van der Waals surface area (Å²) >= 11 is 0. The molecule has 2 nitrogen and oxygen atoms in total. The number of rotatable bonds is 5. The van der Waals surface area contributed by atoms with Crippen LogP contribution in [0, 0.1) is 5.92 Å². The summed E-state index contributed by atoms with van der Waals surface area (Å²) in [6.45, 7) is 3.22. The van der Waals surface area contributed by atoms with Crippen LogP contribution in [0.1, 0.15) is 26.2 Å². The highest BCUT2D eigenvalue weighted by atomic mass is 16.2. The van der Waals surface area contributed by atoms with E-state index in [4.69, 9.17) is 10.8 Å². The molecule has 0 rings (SSSR count). The predicted molar refractivity (Wildman–Crippen MR) is 39.2 cm³/mol. The first-order chi connectivity index (χ1) is 4.31. The monoisotopic (exact) mass is 131 g/mol. The third kappa shape index (κ3) is 5.80. The second-order valence-corrected chi connectivity index (χ2v) is 2.56. The normalized spacial score (nSPS) is 13.7. The summed E-state index contributed by atoms with van der Waals surface area (Å²) in [4.78, 5) is 0. The maximum absolute atomic E-state index is 8.42. The first-order valence-corrected chi connectivity index (χ1v) is 3.62. The Balaban J connectivity index is 2.88. The summed E-state index contributed by atoms with van der Waals surface area (Å²) in [5.74, 6) is 0.622. The molecule has 0 heterocycles. The van der Waals surface area contributed by atoms with E-state index >= 15 is 0 Å². The van der Waals surface area contributed by atoms with Crippen molar-refractivity contribution in [3.05, 3.63) is 0 Å². The zero-order valence-electron chi connectivity index (χ0n) is 6.14. The molecule has 0 amide bonds. The van der Waals surface area contributed by atoms with Crippen molar-refractivity contribution in [3.63, 3.8) is 0 Å². The van der Waals surface area contributed by atoms with Crippen LogP contribution in [0.4, 0.5) is 0 Å². The summed E-state index contributed by atoms with van der Waals surface area (Å²) < 4.78 is 0. The summed E-state index contributed by atoms with van der Waals surface area (Å²) in [5.41, 5.74) is 5.39. The van der Waals surface area contributed by atoms with Gasteiger partial charge >= 0.3 is 0 Å². The van der Waals surface area contributed by atoms with E-state index < -0.39 is 0 Å². The fourth-order valence-corrected chi connectivity index (χ4v) is 0.722. The van der Waals surface area contributed by atoms with Crippen molar-refractivity contribution in [2.45, 2.75) is 26.2 Å². The van der Waals surface area contributed by atoms with E-state index in [1.807, 2.05) is 0 Å². The van der Waals surface area contributed by atoms with Gasteiger partial charge in [0.1, 0.15) is 0 Å². The molecule has 1 atom stereocenters. The van der Waals surface area contributed by atoms with Crippen LogP contribution in [0.25, 0.3) is 0 Å². The average molecular weight is 131 g/mol. The minimum absolute atomic E-state index is 0.317. The molecule has 0 aromatic heterocycles. The maximum atomic E-state index is 8.42. The van der Waals surface area contributed by atoms with E-state index in [1.54, 1.807) is 0 Å². The molecule has 0 saturated carbocycles. The van der Waals surface area contributed by atoms with Crippen LogP contribution in [-0.2, 0) is 0 Å². The lowest BCUT2D eigenvalue weighted by atomic mass is 10.1. The summed E-state index contributed by atoms with van der Waals surface area (Å²) in [6.07, 6.45) is 3.18. The highest BCUT2D eigenvalue weighted by molar-refractivity contribution is 4.52. The van der Waals surface area contributed by atoms with Crippen molar-refractivity contribution in [2.24, 2.45) is 11.7 Å². The number of unbranched alkanes of at least 4 members (excludes halogenated alkanes) is 1. The highest BCUT2D eigenvalue weighted by Gasteiger charge is 1.96. The van der Waals surface area contributed by atoms with E-state index in [0.717, 1.165) is 25.8 Å². The van der Waals surface area contributed by atoms with Crippen molar-refractivity contribution in [1.82, 2.24) is 0 Å². The molecule has 0 bridgehead atoms. The van der Waals surface area contributed by atoms with E-state index in [0.29, 0.717) is 12.5 Å². The molecule has 0 fully saturated rings. The Labute approximate surface area is 57.1 Å². The van der Waals surface area contributed by atoms with Gasteiger partial charge in [-0.25, -0.2) is 0 Å². The number of hydrogen-bond donors (Lipinski definition) is 2. The standard InChI is InChI=1S/C7H17NO/c1-7(6-8)4-2-3-5-9/h7,9H,2-6,8H2,1H3. The second-order valence-electron chi connectivity index (χ2n) is 2.56. The van der Waals surface area contributed by atoms with Crippen LogP contribution in [0.15, 0.2) is 0 Å². The van der Waals surface area contributed by atoms with Gasteiger partial charge < -0.3 is 10.8 Å². The Kier molecular flexibility index (Phi) is 5.99. The van der Waals surface area contributed by atoms with Crippen LogP contribution < -0.4 is 5.73 Å². The molecule has 0 aliphatic rings. The smallest absolute Gasteiger partial charge is 0.0431 e. The summed E-state index contributed by atoms with van der Waals surface area (Å²) in [7, 11) is 0. The highest BCUT2D eigenvalue weighted by Crippen LogP contribution is 2.04. The number of nitrogens with two attached hydrogens (primary N) is 1. The van der Waals surface area contributed by atoms with Gasteiger partial charge in [0, 0.05) is 6.61 Å². The summed E-state index contributed by atoms with van der Waals surface area (Å²) in [6, 6.07) is 0. The first kappa shape index (κ1) is 8.92. The maximum Gasteiger partial charge on any atom is 0.0431 e. The molecular weight excluding hydrogens is 114 g/mol. The molecule has 0 aliphatic carbocycles. The van der Waals surface area contributed by atoms with Gasteiger partial charge in [-0.2, -0.15) is 0 Å². The van der Waals surface area contributed by atoms with Gasteiger partial charge in [-0.05, 0) is 25.3 Å². The van der Waals surface area contributed by atoms with Gasteiger partial charge in [0.15, 0.2) is 0 Å². The first-order valence-electron chi connectivity index (χ1n) is 3.62. The van der Waals surface area contributed by atoms with Crippen LogP contribution in [-0.4, -0.2) is 18.3 Å². The van der Waals surface area contributed by atoms with Gasteiger partial charge in [-0.15, -0.1) is 0 Å². The van der Waals surface area contributed by atoms with Gasteiger partial charge in [-0.3, -0.25) is 0 Å². The largest absolute Gasteiger partial charge is 0.396 e. The molecular formula is C7H17NO. The molecule has 56 valence electrons. The lowest BCUT2D eigenvalue weighted by Gasteiger charge is -2.05. The minimum atomic E-state index is 0.317. The van der Waals surface area contributed by atoms with Crippen molar-refractivity contribution >= 4 is 0 Å². The molecule has 0 aromatic carbocycles. The van der Waals surface area contributed by atoms with Crippen LogP contribution in [0.3, 0.4) is 0 Å². The Morgan fingerprint density at radius 3 is 2.56 bits per heavy atom. The number of aliphatic hydroxyl groups is 1. The molecule has 3 N–H and O–H groups in total. The molecule has 2 heteroatoms. The predicted octanol–water partition coefficient (Wildman–Crippen LogP) is 0.744. The molecule has 0 aliphatic heterocycles. The molecule has 0 radical (unpaired) electrons. The zero-order chi connectivity index (χ0) is 7.11. The molecule has 0 spiro atoms. The van der Waals surface area contributed by atoms with Gasteiger partial charge in [0.05, 0.1) is 0 Å². The van der Waals surface area contributed by atoms with E-state index in [2.05, 4.69) is 6.92 Å². The Bertz CT molecular complexity index is 56.9. The third-order valence-corrected chi connectivity index (χ3v) is 1.51. The number of hydrogen-bond acceptors (Lipinski definition) is 2. The van der Waals surface area contributed by atoms with E-state index in [1.165, 1.54) is 0 Å². The van der Waals surface area contributed by atoms with E-state index in [-0.39, 0.29) is 0 Å². The SMILES string of the molecule is CC(CN)CCCCO. The van der Waals surface area contributed by atoms with Crippen molar-refractivity contribution in [3.8, 4) is 0 Å². The quantitative estimate of drug-likeness (QED) is 0.541. The fraction of sp³-hybridized carbons (Fsp3) is 1.00. The Morgan fingerprint density at radius 2 is 2.11 bits per heavy atom. The minimum Gasteiger partial charge on any atom is -0.396 e. The molecule has 1 unspecified atom stereocenters. The van der Waals surface area contributed by atoms with Gasteiger partial charge in [0.2, 0.25) is 0 Å². The van der Waals surface area contributed by atoms with Crippen molar-refractivity contribution in [1.29, 1.82) is 0 Å². The van der Waals surface area contributed by atoms with Gasteiger partial charge in [0.25, 0.3) is 0 Å². The number of aliphatic hydroxyl groups excluding tert-OH is 1. The Hall–Kier alpha value is -0.0800. The average Bonchev–Trinajstić information content (AvgIpc) is 1.89. The van der Waals surface area contributed by atoms with Crippen LogP contribution in [0.2, 0.25) is 0 Å². The van der Waals surface area contributed by atoms with Crippen LogP contribution >= 0.6 is 0 Å². The lowest BCUT2D eigenvalue weighted by Crippen LogP contribution is -2.10. The van der Waals surface area contributed by atoms with Crippen LogP contribution in [0.5, 0.6) is 0 Å². The second kappa shape index (κ2) is 6.05. The van der Waals surface area contributed by atoms with E-state index in [9.17, 15) is 0 Å².